The SMILES string of the molecule is Cn1ncc(Br)c1-c1nn2c(-c3ccsc3)nnc2s1. The molecule has 0 unspecified atom stereocenters. The number of hydrogen-bond donors (Lipinski definition) is 0. The van der Waals surface area contributed by atoms with E-state index in [0.717, 1.165) is 31.5 Å². The summed E-state index contributed by atoms with van der Waals surface area (Å²) in [5.74, 6) is 0.766. The summed E-state index contributed by atoms with van der Waals surface area (Å²) in [5, 5.41) is 22.1. The fourth-order valence-corrected chi connectivity index (χ4v) is 4.17. The smallest absolute Gasteiger partial charge is 0.235 e. The first-order valence-corrected chi connectivity index (χ1v) is 8.22. The second-order valence-corrected chi connectivity index (χ2v) is 6.69. The number of nitrogens with zero attached hydrogens (tertiary/aromatic N) is 6. The highest BCUT2D eigenvalue weighted by Gasteiger charge is 2.18. The fraction of sp³-hybridized carbons (Fsp3) is 0.0909. The molecule has 0 radical (unpaired) electrons. The zero-order chi connectivity index (χ0) is 13.7. The molecule has 9 heteroatoms. The number of aromatic nitrogens is 6. The van der Waals surface area contributed by atoms with Crippen molar-refractivity contribution in [1.82, 2.24) is 29.6 Å². The van der Waals surface area contributed by atoms with Crippen molar-refractivity contribution in [3.05, 3.63) is 27.5 Å². The minimum absolute atomic E-state index is 0.766. The summed E-state index contributed by atoms with van der Waals surface area (Å²) in [6.07, 6.45) is 1.76. The molecule has 4 rings (SSSR count). The molecule has 0 saturated heterocycles. The maximum absolute atomic E-state index is 4.62. The van der Waals surface area contributed by atoms with Crippen molar-refractivity contribution >= 4 is 43.6 Å². The first-order valence-electron chi connectivity index (χ1n) is 5.67. The van der Waals surface area contributed by atoms with Crippen LogP contribution in [0.25, 0.3) is 27.1 Å². The molecular weight excluding hydrogens is 360 g/mol. The third-order valence-electron chi connectivity index (χ3n) is 2.87. The molecular formula is C11H7BrN6S2. The Labute approximate surface area is 129 Å². The van der Waals surface area contributed by atoms with E-state index in [0.29, 0.717) is 0 Å². The van der Waals surface area contributed by atoms with Crippen molar-refractivity contribution in [3.8, 4) is 22.1 Å². The topological polar surface area (TPSA) is 60.9 Å². The minimum Gasteiger partial charge on any atom is -0.264 e. The lowest BCUT2D eigenvalue weighted by Crippen LogP contribution is -1.95. The lowest BCUT2D eigenvalue weighted by Gasteiger charge is -1.96. The number of halogens is 1. The quantitative estimate of drug-likeness (QED) is 0.546. The molecule has 0 atom stereocenters. The largest absolute Gasteiger partial charge is 0.264 e. The summed E-state index contributed by atoms with van der Waals surface area (Å²) in [7, 11) is 1.89. The zero-order valence-electron chi connectivity index (χ0n) is 10.2. The van der Waals surface area contributed by atoms with Gasteiger partial charge in [0.25, 0.3) is 0 Å². The second-order valence-electron chi connectivity index (χ2n) is 4.10. The molecule has 0 saturated carbocycles. The Morgan fingerprint density at radius 2 is 2.20 bits per heavy atom. The predicted molar refractivity (Wildman–Crippen MR) is 81.9 cm³/mol. The second kappa shape index (κ2) is 4.47. The van der Waals surface area contributed by atoms with Gasteiger partial charge in [-0.3, -0.25) is 4.68 Å². The van der Waals surface area contributed by atoms with E-state index in [2.05, 4.69) is 36.3 Å². The molecule has 6 nitrogen and oxygen atoms in total. The molecule has 4 heterocycles. The van der Waals surface area contributed by atoms with Crippen LogP contribution in [-0.2, 0) is 7.05 Å². The standard InChI is InChI=1S/C11H7BrN6S2/c1-17-8(7(12)4-13-17)10-16-18-9(6-2-3-19-5-6)14-15-11(18)20-10/h2-5H,1H3. The highest BCUT2D eigenvalue weighted by atomic mass is 79.9. The van der Waals surface area contributed by atoms with Crippen LogP contribution in [0.2, 0.25) is 0 Å². The van der Waals surface area contributed by atoms with Gasteiger partial charge in [-0.1, -0.05) is 11.3 Å². The third kappa shape index (κ3) is 1.74. The van der Waals surface area contributed by atoms with Gasteiger partial charge in [0.05, 0.1) is 10.7 Å². The summed E-state index contributed by atoms with van der Waals surface area (Å²) in [6.45, 7) is 0. The predicted octanol–water partition coefficient (Wildman–Crippen LogP) is 3.08. The number of hydrogen-bond acceptors (Lipinski definition) is 6. The highest BCUT2D eigenvalue weighted by molar-refractivity contribution is 9.10. The molecule has 0 aliphatic carbocycles. The van der Waals surface area contributed by atoms with E-state index in [4.69, 9.17) is 0 Å². The molecule has 0 spiro atoms. The van der Waals surface area contributed by atoms with Gasteiger partial charge in [0, 0.05) is 18.0 Å². The molecule has 0 N–H and O–H groups in total. The number of fused-ring (bicyclic) bond motifs is 1. The number of rotatable bonds is 2. The molecule has 4 aromatic heterocycles. The van der Waals surface area contributed by atoms with Crippen LogP contribution in [0.3, 0.4) is 0 Å². The Morgan fingerprint density at radius 3 is 2.90 bits per heavy atom. The van der Waals surface area contributed by atoms with Crippen molar-refractivity contribution < 1.29 is 0 Å². The number of thiophene rings is 1. The molecule has 0 aromatic carbocycles. The monoisotopic (exact) mass is 366 g/mol. The van der Waals surface area contributed by atoms with Crippen LogP contribution in [0, 0.1) is 0 Å². The molecule has 0 bridgehead atoms. The van der Waals surface area contributed by atoms with Crippen LogP contribution in [0.4, 0.5) is 0 Å². The average Bonchev–Trinajstić information content (AvgIpc) is 3.12. The van der Waals surface area contributed by atoms with E-state index in [1.807, 2.05) is 23.9 Å². The summed E-state index contributed by atoms with van der Waals surface area (Å²) in [5.41, 5.74) is 1.97. The van der Waals surface area contributed by atoms with Crippen molar-refractivity contribution in [2.24, 2.45) is 7.05 Å². The van der Waals surface area contributed by atoms with Gasteiger partial charge in [-0.15, -0.1) is 10.2 Å². The zero-order valence-corrected chi connectivity index (χ0v) is 13.4. The lowest BCUT2D eigenvalue weighted by molar-refractivity contribution is 0.772. The maximum Gasteiger partial charge on any atom is 0.235 e. The molecule has 0 aliphatic heterocycles. The van der Waals surface area contributed by atoms with Crippen LogP contribution < -0.4 is 0 Å². The summed E-state index contributed by atoms with van der Waals surface area (Å²) in [4.78, 5) is 0.773. The van der Waals surface area contributed by atoms with Crippen LogP contribution in [0.1, 0.15) is 0 Å². The van der Waals surface area contributed by atoms with Gasteiger partial charge in [-0.2, -0.15) is 26.0 Å². The Bertz CT molecular complexity index is 868. The molecule has 0 fully saturated rings. The maximum atomic E-state index is 4.62. The highest BCUT2D eigenvalue weighted by Crippen LogP contribution is 2.32. The van der Waals surface area contributed by atoms with E-state index < -0.39 is 0 Å². The van der Waals surface area contributed by atoms with Gasteiger partial charge >= 0.3 is 0 Å². The Kier molecular flexibility index (Phi) is 2.72. The van der Waals surface area contributed by atoms with Crippen molar-refractivity contribution in [1.29, 1.82) is 0 Å². The van der Waals surface area contributed by atoms with Gasteiger partial charge in [0.2, 0.25) is 4.96 Å². The molecule has 0 aliphatic rings. The van der Waals surface area contributed by atoms with Crippen molar-refractivity contribution in [2.45, 2.75) is 0 Å². The molecule has 20 heavy (non-hydrogen) atoms. The lowest BCUT2D eigenvalue weighted by atomic mass is 10.3. The van der Waals surface area contributed by atoms with Crippen LogP contribution in [0.15, 0.2) is 27.5 Å². The van der Waals surface area contributed by atoms with Gasteiger partial charge in [-0.05, 0) is 27.4 Å². The van der Waals surface area contributed by atoms with Gasteiger partial charge in [0.15, 0.2) is 10.8 Å². The summed E-state index contributed by atoms with van der Waals surface area (Å²) >= 11 is 6.62. The van der Waals surface area contributed by atoms with Crippen molar-refractivity contribution in [3.63, 3.8) is 0 Å². The van der Waals surface area contributed by atoms with Gasteiger partial charge < -0.3 is 0 Å². The number of aryl methyl sites for hydroxylation is 1. The van der Waals surface area contributed by atoms with E-state index in [9.17, 15) is 0 Å². The van der Waals surface area contributed by atoms with Gasteiger partial charge in [-0.25, -0.2) is 0 Å². The van der Waals surface area contributed by atoms with E-state index in [-0.39, 0.29) is 0 Å². The minimum atomic E-state index is 0.766. The van der Waals surface area contributed by atoms with Crippen LogP contribution in [-0.4, -0.2) is 29.6 Å². The summed E-state index contributed by atoms with van der Waals surface area (Å²) < 4.78 is 4.49. The Balaban J connectivity index is 1.93. The van der Waals surface area contributed by atoms with Gasteiger partial charge in [0.1, 0.15) is 5.69 Å². The summed E-state index contributed by atoms with van der Waals surface area (Å²) in [6, 6.07) is 2.01. The Hall–Kier alpha value is -1.58. The normalized spacial score (nSPS) is 11.5. The molecule has 100 valence electrons. The molecule has 0 amide bonds. The van der Waals surface area contributed by atoms with E-state index >= 15 is 0 Å². The first kappa shape index (κ1) is 12.2. The Morgan fingerprint density at radius 1 is 1.30 bits per heavy atom. The average molecular weight is 367 g/mol. The van der Waals surface area contributed by atoms with Crippen LogP contribution in [0.5, 0.6) is 0 Å². The third-order valence-corrected chi connectivity index (χ3v) is 5.04. The molecule has 4 aromatic rings. The first-order chi connectivity index (χ1) is 9.74. The van der Waals surface area contributed by atoms with E-state index in [1.54, 1.807) is 26.7 Å². The van der Waals surface area contributed by atoms with Crippen LogP contribution >= 0.6 is 38.6 Å². The van der Waals surface area contributed by atoms with Crippen molar-refractivity contribution in [2.75, 3.05) is 0 Å². The van der Waals surface area contributed by atoms with E-state index in [1.165, 1.54) is 11.3 Å². The fourth-order valence-electron chi connectivity index (χ4n) is 1.94.